The molecule has 0 saturated carbocycles. The fraction of sp³-hybridized carbons (Fsp3) is 0. The number of nitrogens with two attached hydrogens (primary N) is 1. The van der Waals surface area contributed by atoms with Crippen LogP contribution in [0.3, 0.4) is 0 Å². The van der Waals surface area contributed by atoms with Gasteiger partial charge in [-0.05, 0) is 65.1 Å². The molecule has 0 radical (unpaired) electrons. The minimum absolute atomic E-state index is 0.196. The van der Waals surface area contributed by atoms with Crippen LogP contribution in [0.1, 0.15) is 16.1 Å². The third-order valence-electron chi connectivity index (χ3n) is 4.96. The monoisotopic (exact) mass is 520 g/mol. The predicted octanol–water partition coefficient (Wildman–Crippen LogP) is 5.56. The Hall–Kier alpha value is -3.59. The topological polar surface area (TPSA) is 85.9 Å². The molecule has 152 valence electrons. The molecule has 2 heterocycles. The van der Waals surface area contributed by atoms with Crippen molar-refractivity contribution in [1.82, 2.24) is 14.8 Å². The van der Waals surface area contributed by atoms with Crippen LogP contribution >= 0.6 is 22.6 Å². The third-order valence-corrected chi connectivity index (χ3v) is 5.80. The van der Waals surface area contributed by atoms with Crippen LogP contribution in [0.15, 0.2) is 85.1 Å². The van der Waals surface area contributed by atoms with Gasteiger partial charge in [-0.1, -0.05) is 36.4 Å². The summed E-state index contributed by atoms with van der Waals surface area (Å²) in [6, 6.07) is 24.8. The van der Waals surface area contributed by atoms with E-state index in [1.807, 2.05) is 78.9 Å². The molecule has 6 nitrogen and oxygen atoms in total. The van der Waals surface area contributed by atoms with Crippen molar-refractivity contribution in [2.45, 2.75) is 0 Å². The van der Waals surface area contributed by atoms with E-state index >= 15 is 0 Å². The number of nitrogen functional groups attached to an aromatic ring is 1. The van der Waals surface area contributed by atoms with E-state index < -0.39 is 0 Å². The molecule has 0 unspecified atom stereocenters. The van der Waals surface area contributed by atoms with E-state index in [4.69, 9.17) is 10.5 Å². The number of carbonyl (C=O) groups is 1. The fourth-order valence-electron chi connectivity index (χ4n) is 3.40. The van der Waals surface area contributed by atoms with Crippen molar-refractivity contribution in [3.63, 3.8) is 0 Å². The van der Waals surface area contributed by atoms with Gasteiger partial charge in [0.05, 0.1) is 26.7 Å². The predicted molar refractivity (Wildman–Crippen MR) is 129 cm³/mol. The molecule has 2 aromatic heterocycles. The first-order valence-electron chi connectivity index (χ1n) is 9.59. The summed E-state index contributed by atoms with van der Waals surface area (Å²) in [5.74, 6) is 1.59. The molecule has 0 atom stereocenters. The van der Waals surface area contributed by atoms with Gasteiger partial charge in [-0.25, -0.2) is 4.68 Å². The summed E-state index contributed by atoms with van der Waals surface area (Å²) in [7, 11) is 0. The molecule has 0 fully saturated rings. The Morgan fingerprint density at radius 1 is 1.00 bits per heavy atom. The van der Waals surface area contributed by atoms with Crippen LogP contribution < -0.4 is 10.5 Å². The number of aromatic nitrogens is 3. The molecule has 3 aromatic carbocycles. The van der Waals surface area contributed by atoms with Gasteiger partial charge in [-0.2, -0.15) is 5.10 Å². The third kappa shape index (κ3) is 3.68. The summed E-state index contributed by atoms with van der Waals surface area (Å²) in [5, 5.41) is 5.33. The van der Waals surface area contributed by atoms with Gasteiger partial charge in [-0.3, -0.25) is 4.79 Å². The summed E-state index contributed by atoms with van der Waals surface area (Å²) < 4.78 is 8.39. The van der Waals surface area contributed by atoms with Gasteiger partial charge in [0, 0.05) is 10.9 Å². The number of aromatic amines is 1. The van der Waals surface area contributed by atoms with Crippen molar-refractivity contribution in [3.05, 3.63) is 99.9 Å². The fourth-order valence-corrected chi connectivity index (χ4v) is 4.01. The highest BCUT2D eigenvalue weighted by atomic mass is 127. The van der Waals surface area contributed by atoms with Gasteiger partial charge in [0.2, 0.25) is 5.78 Å². The highest BCUT2D eigenvalue weighted by Crippen LogP contribution is 2.30. The highest BCUT2D eigenvalue weighted by Gasteiger charge is 2.20. The smallest absolute Gasteiger partial charge is 0.214 e. The second-order valence-electron chi connectivity index (χ2n) is 6.98. The van der Waals surface area contributed by atoms with E-state index in [9.17, 15) is 4.79 Å². The summed E-state index contributed by atoms with van der Waals surface area (Å²) in [6.07, 6.45) is 1.50. The molecular weight excluding hydrogens is 503 g/mol. The van der Waals surface area contributed by atoms with Crippen LogP contribution in [0.4, 0.5) is 5.82 Å². The van der Waals surface area contributed by atoms with Crippen molar-refractivity contribution < 1.29 is 9.53 Å². The Morgan fingerprint density at radius 2 is 1.77 bits per heavy atom. The van der Waals surface area contributed by atoms with Crippen molar-refractivity contribution in [2.24, 2.45) is 0 Å². The number of H-pyrrole nitrogens is 1. The van der Waals surface area contributed by atoms with Crippen LogP contribution in [0, 0.1) is 3.57 Å². The number of benzene rings is 3. The number of rotatable bonds is 5. The number of para-hydroxylation sites is 2. The molecule has 0 bridgehead atoms. The minimum Gasteiger partial charge on any atom is -0.456 e. The number of hydrogen-bond acceptors (Lipinski definition) is 4. The average molecular weight is 520 g/mol. The van der Waals surface area contributed by atoms with Gasteiger partial charge in [-0.15, -0.1) is 0 Å². The lowest BCUT2D eigenvalue weighted by Crippen LogP contribution is -2.07. The van der Waals surface area contributed by atoms with E-state index in [-0.39, 0.29) is 11.6 Å². The number of ether oxygens (including phenoxy) is 1. The molecule has 31 heavy (non-hydrogen) atoms. The maximum atomic E-state index is 13.0. The number of nitrogens with one attached hydrogen (secondary N) is 1. The number of fused-ring (bicyclic) bond motifs is 1. The van der Waals surface area contributed by atoms with Crippen molar-refractivity contribution >= 4 is 45.1 Å². The number of hydrogen-bond donors (Lipinski definition) is 2. The van der Waals surface area contributed by atoms with Crippen molar-refractivity contribution in [2.75, 3.05) is 5.73 Å². The Labute approximate surface area is 191 Å². The first-order chi connectivity index (χ1) is 15.1. The van der Waals surface area contributed by atoms with E-state index in [1.54, 1.807) is 4.68 Å². The minimum atomic E-state index is -0.196. The molecule has 3 N–H and O–H groups in total. The largest absolute Gasteiger partial charge is 0.456 e. The lowest BCUT2D eigenvalue weighted by atomic mass is 10.1. The molecule has 5 rings (SSSR count). The number of anilines is 1. The van der Waals surface area contributed by atoms with Gasteiger partial charge < -0.3 is 15.5 Å². The summed E-state index contributed by atoms with van der Waals surface area (Å²) in [6.45, 7) is 0. The molecule has 0 aliphatic heterocycles. The molecule has 0 aliphatic carbocycles. The van der Waals surface area contributed by atoms with Gasteiger partial charge in [0.1, 0.15) is 17.3 Å². The van der Waals surface area contributed by atoms with Crippen LogP contribution in [0.25, 0.3) is 16.6 Å². The molecule has 5 aromatic rings. The lowest BCUT2D eigenvalue weighted by Gasteiger charge is -2.10. The molecule has 0 aliphatic rings. The summed E-state index contributed by atoms with van der Waals surface area (Å²) >= 11 is 2.21. The van der Waals surface area contributed by atoms with Gasteiger partial charge in [0.15, 0.2) is 0 Å². The van der Waals surface area contributed by atoms with Gasteiger partial charge >= 0.3 is 0 Å². The second-order valence-corrected chi connectivity index (χ2v) is 8.15. The lowest BCUT2D eigenvalue weighted by molar-refractivity contribution is 0.103. The van der Waals surface area contributed by atoms with E-state index in [0.29, 0.717) is 11.3 Å². The van der Waals surface area contributed by atoms with Crippen LogP contribution in [-0.4, -0.2) is 20.5 Å². The average Bonchev–Trinajstić information content (AvgIpc) is 3.39. The number of halogens is 1. The van der Waals surface area contributed by atoms with E-state index in [1.165, 1.54) is 6.20 Å². The van der Waals surface area contributed by atoms with Crippen molar-refractivity contribution in [1.29, 1.82) is 0 Å². The zero-order chi connectivity index (χ0) is 21.4. The van der Waals surface area contributed by atoms with Crippen LogP contribution in [0.2, 0.25) is 0 Å². The SMILES string of the molecule is Nc1c(C(=O)c2cc3ccccc3[nH]2)cnn1-c1ccc(Oc2ccccc2)c(I)c1. The molecule has 7 heteroatoms. The number of nitrogens with zero attached hydrogens (tertiary/aromatic N) is 2. The standard InChI is InChI=1S/C24H17IN4O2/c25-19-13-16(10-11-22(19)31-17-7-2-1-3-8-17)29-24(26)18(14-27-29)23(30)21-12-15-6-4-5-9-20(15)28-21/h1-14,28H,26H2. The Balaban J connectivity index is 1.44. The van der Waals surface area contributed by atoms with Crippen LogP contribution in [-0.2, 0) is 0 Å². The normalized spacial score (nSPS) is 11.0. The van der Waals surface area contributed by atoms with Gasteiger partial charge in [0.25, 0.3) is 0 Å². The zero-order valence-corrected chi connectivity index (χ0v) is 18.4. The van der Waals surface area contributed by atoms with Crippen LogP contribution in [0.5, 0.6) is 11.5 Å². The van der Waals surface area contributed by atoms with E-state index in [0.717, 1.165) is 31.7 Å². The number of ketones is 1. The second kappa shape index (κ2) is 7.92. The quantitative estimate of drug-likeness (QED) is 0.235. The number of carbonyl (C=O) groups excluding carboxylic acids is 1. The molecular formula is C24H17IN4O2. The maximum absolute atomic E-state index is 13.0. The van der Waals surface area contributed by atoms with Crippen molar-refractivity contribution in [3.8, 4) is 17.2 Å². The zero-order valence-electron chi connectivity index (χ0n) is 16.2. The molecule has 0 saturated heterocycles. The Bertz CT molecular complexity index is 1370. The molecule has 0 amide bonds. The Kier molecular flexibility index (Phi) is 4.95. The van der Waals surface area contributed by atoms with E-state index in [2.05, 4.69) is 32.7 Å². The molecule has 0 spiro atoms. The Morgan fingerprint density at radius 3 is 2.55 bits per heavy atom. The summed E-state index contributed by atoms with van der Waals surface area (Å²) in [4.78, 5) is 16.2. The highest BCUT2D eigenvalue weighted by molar-refractivity contribution is 14.1. The first kappa shape index (κ1) is 19.4. The maximum Gasteiger partial charge on any atom is 0.214 e. The summed E-state index contributed by atoms with van der Waals surface area (Å²) in [5.41, 5.74) is 8.80. The first-order valence-corrected chi connectivity index (χ1v) is 10.7.